The second kappa shape index (κ2) is 8.50. The zero-order valence-corrected chi connectivity index (χ0v) is 14.9. The van der Waals surface area contributed by atoms with Gasteiger partial charge >= 0.3 is 6.09 Å². The van der Waals surface area contributed by atoms with Crippen LogP contribution in [0.4, 0.5) is 4.79 Å². The van der Waals surface area contributed by atoms with Crippen molar-refractivity contribution in [3.05, 3.63) is 0 Å². The maximum Gasteiger partial charge on any atom is 0.409 e. The van der Waals surface area contributed by atoms with E-state index in [-0.39, 0.29) is 6.09 Å². The molecule has 2 saturated carbocycles. The van der Waals surface area contributed by atoms with E-state index >= 15 is 0 Å². The van der Waals surface area contributed by atoms with Crippen LogP contribution in [-0.4, -0.2) is 79.6 Å². The van der Waals surface area contributed by atoms with Crippen molar-refractivity contribution < 1.29 is 19.4 Å². The quantitative estimate of drug-likeness (QED) is 0.762. The van der Waals surface area contributed by atoms with Gasteiger partial charge in [-0.1, -0.05) is 6.42 Å². The van der Waals surface area contributed by atoms with Gasteiger partial charge in [-0.15, -0.1) is 0 Å². The van der Waals surface area contributed by atoms with E-state index in [1.54, 1.807) is 4.90 Å². The first kappa shape index (κ1) is 18.0. The zero-order chi connectivity index (χ0) is 16.9. The van der Waals surface area contributed by atoms with Crippen LogP contribution in [0.15, 0.2) is 0 Å². The van der Waals surface area contributed by atoms with Gasteiger partial charge in [0, 0.05) is 39.3 Å². The lowest BCUT2D eigenvalue weighted by Gasteiger charge is -2.35. The number of aliphatic hydroxyl groups excluding tert-OH is 1. The molecule has 1 N–H and O–H groups in total. The fourth-order valence-corrected chi connectivity index (χ4v) is 4.61. The summed E-state index contributed by atoms with van der Waals surface area (Å²) in [6, 6.07) is 0. The Kier molecular flexibility index (Phi) is 6.36. The molecule has 4 atom stereocenters. The van der Waals surface area contributed by atoms with Crippen molar-refractivity contribution in [1.29, 1.82) is 0 Å². The number of β-amino-alcohol motifs (C(OH)–C–C–N with tert-alkyl or cyclic N) is 1. The summed E-state index contributed by atoms with van der Waals surface area (Å²) in [5.74, 6) is 2.55. The summed E-state index contributed by atoms with van der Waals surface area (Å²) < 4.78 is 10.8. The second-order valence-electron chi connectivity index (χ2n) is 7.61. The third kappa shape index (κ3) is 4.61. The van der Waals surface area contributed by atoms with Crippen LogP contribution in [0.25, 0.3) is 0 Å². The fourth-order valence-electron chi connectivity index (χ4n) is 4.61. The largest absolute Gasteiger partial charge is 0.450 e. The Morgan fingerprint density at radius 2 is 2.00 bits per heavy atom. The lowest BCUT2D eigenvalue weighted by Crippen LogP contribution is -2.51. The Morgan fingerprint density at radius 3 is 2.62 bits per heavy atom. The topological polar surface area (TPSA) is 62.2 Å². The predicted octanol–water partition coefficient (Wildman–Crippen LogP) is 1.57. The molecule has 0 aromatic heterocycles. The minimum atomic E-state index is -0.447. The first-order valence-corrected chi connectivity index (χ1v) is 9.55. The van der Waals surface area contributed by atoms with E-state index in [1.165, 1.54) is 25.7 Å². The Balaban J connectivity index is 1.27. The van der Waals surface area contributed by atoms with Crippen molar-refractivity contribution in [3.8, 4) is 0 Å². The molecular formula is C18H32N2O4. The number of piperazine rings is 1. The number of hydrogen-bond donors (Lipinski definition) is 1. The number of fused-ring (bicyclic) bond motifs is 2. The molecule has 1 amide bonds. The van der Waals surface area contributed by atoms with E-state index < -0.39 is 6.10 Å². The van der Waals surface area contributed by atoms with Crippen LogP contribution >= 0.6 is 0 Å². The van der Waals surface area contributed by atoms with Gasteiger partial charge < -0.3 is 19.5 Å². The molecule has 1 heterocycles. The lowest BCUT2D eigenvalue weighted by molar-refractivity contribution is -0.00854. The van der Waals surface area contributed by atoms with Gasteiger partial charge in [0.25, 0.3) is 0 Å². The van der Waals surface area contributed by atoms with E-state index in [2.05, 4.69) is 4.90 Å². The van der Waals surface area contributed by atoms with Crippen LogP contribution in [0.3, 0.4) is 0 Å². The van der Waals surface area contributed by atoms with Gasteiger partial charge in [-0.2, -0.15) is 0 Å². The summed E-state index contributed by atoms with van der Waals surface area (Å²) in [5.41, 5.74) is 0. The van der Waals surface area contributed by atoms with E-state index in [0.29, 0.717) is 32.8 Å². The highest BCUT2D eigenvalue weighted by atomic mass is 16.6. The third-order valence-corrected chi connectivity index (χ3v) is 5.89. The van der Waals surface area contributed by atoms with Gasteiger partial charge in [0.1, 0.15) is 0 Å². The summed E-state index contributed by atoms with van der Waals surface area (Å²) in [6.07, 6.45) is 4.86. The molecule has 24 heavy (non-hydrogen) atoms. The molecule has 0 radical (unpaired) electrons. The highest BCUT2D eigenvalue weighted by molar-refractivity contribution is 5.67. The van der Waals surface area contributed by atoms with Gasteiger partial charge in [-0.25, -0.2) is 4.79 Å². The molecule has 138 valence electrons. The number of hydrogen-bond acceptors (Lipinski definition) is 5. The Bertz CT molecular complexity index is 412. The molecule has 0 unspecified atom stereocenters. The van der Waals surface area contributed by atoms with E-state index in [4.69, 9.17) is 9.47 Å². The van der Waals surface area contributed by atoms with Crippen molar-refractivity contribution in [2.75, 3.05) is 52.5 Å². The monoisotopic (exact) mass is 340 g/mol. The number of amides is 1. The molecule has 2 bridgehead atoms. The lowest BCUT2D eigenvalue weighted by atomic mass is 9.90. The number of nitrogens with zero attached hydrogens (tertiary/aromatic N) is 2. The van der Waals surface area contributed by atoms with Crippen molar-refractivity contribution in [2.45, 2.75) is 38.7 Å². The number of aliphatic hydroxyl groups is 1. The van der Waals surface area contributed by atoms with Gasteiger partial charge in [0.05, 0.1) is 19.3 Å². The van der Waals surface area contributed by atoms with E-state index in [9.17, 15) is 9.90 Å². The molecular weight excluding hydrogens is 308 g/mol. The van der Waals surface area contributed by atoms with Crippen molar-refractivity contribution >= 4 is 6.09 Å². The van der Waals surface area contributed by atoms with Crippen molar-refractivity contribution in [1.82, 2.24) is 9.80 Å². The first-order valence-electron chi connectivity index (χ1n) is 9.55. The Labute approximate surface area is 145 Å². The summed E-state index contributed by atoms with van der Waals surface area (Å²) in [5, 5.41) is 10.2. The zero-order valence-electron chi connectivity index (χ0n) is 14.9. The standard InChI is InChI=1S/C18H32N2O4/c1-2-24-18(22)20-7-5-19(6-8-20)11-17(21)13-23-12-16-10-14-3-4-15(16)9-14/h14-17,21H,2-13H2,1H3/t14-,15-,16+,17-/m1/s1. The minimum absolute atomic E-state index is 0.230. The SMILES string of the molecule is CCOC(=O)N1CCN(C[C@@H](O)COC[C@@H]2C[C@@H]3CC[C@@H]2C3)CC1. The average Bonchev–Trinajstić information content (AvgIpc) is 3.18. The number of carbonyl (C=O) groups excluding carboxylic acids is 1. The molecule has 0 aromatic carbocycles. The predicted molar refractivity (Wildman–Crippen MR) is 90.8 cm³/mol. The van der Waals surface area contributed by atoms with Gasteiger partial charge in [0.15, 0.2) is 0 Å². The summed E-state index contributed by atoms with van der Waals surface area (Å²) in [7, 11) is 0. The highest BCUT2D eigenvalue weighted by Crippen LogP contribution is 2.48. The van der Waals surface area contributed by atoms with Crippen LogP contribution in [0, 0.1) is 17.8 Å². The Morgan fingerprint density at radius 1 is 1.21 bits per heavy atom. The summed E-state index contributed by atoms with van der Waals surface area (Å²) in [6.45, 7) is 6.98. The maximum atomic E-state index is 11.7. The van der Waals surface area contributed by atoms with Gasteiger partial charge in [-0.05, 0) is 43.9 Å². The molecule has 3 aliphatic rings. The van der Waals surface area contributed by atoms with Gasteiger partial charge in [0.2, 0.25) is 0 Å². The number of ether oxygens (including phenoxy) is 2. The molecule has 6 heteroatoms. The third-order valence-electron chi connectivity index (χ3n) is 5.89. The smallest absolute Gasteiger partial charge is 0.409 e. The maximum absolute atomic E-state index is 11.7. The molecule has 3 fully saturated rings. The number of rotatable bonds is 7. The average molecular weight is 340 g/mol. The van der Waals surface area contributed by atoms with E-state index in [1.807, 2.05) is 6.92 Å². The molecule has 0 aromatic rings. The van der Waals surface area contributed by atoms with Gasteiger partial charge in [-0.3, -0.25) is 4.90 Å². The fraction of sp³-hybridized carbons (Fsp3) is 0.944. The molecule has 3 rings (SSSR count). The Hall–Kier alpha value is -0.850. The molecule has 2 aliphatic carbocycles. The van der Waals surface area contributed by atoms with Crippen LogP contribution in [0.1, 0.15) is 32.6 Å². The first-order chi connectivity index (χ1) is 11.7. The normalized spacial score (nSPS) is 31.4. The van der Waals surface area contributed by atoms with E-state index in [0.717, 1.165) is 37.5 Å². The van der Waals surface area contributed by atoms with Crippen LogP contribution in [0.2, 0.25) is 0 Å². The summed E-state index contributed by atoms with van der Waals surface area (Å²) >= 11 is 0. The highest BCUT2D eigenvalue weighted by Gasteiger charge is 2.39. The van der Waals surface area contributed by atoms with Crippen LogP contribution in [-0.2, 0) is 9.47 Å². The van der Waals surface area contributed by atoms with Crippen molar-refractivity contribution in [3.63, 3.8) is 0 Å². The molecule has 1 aliphatic heterocycles. The van der Waals surface area contributed by atoms with Crippen LogP contribution in [0.5, 0.6) is 0 Å². The second-order valence-corrected chi connectivity index (χ2v) is 7.61. The summed E-state index contributed by atoms with van der Waals surface area (Å²) in [4.78, 5) is 15.6. The minimum Gasteiger partial charge on any atom is -0.450 e. The van der Waals surface area contributed by atoms with Crippen molar-refractivity contribution in [2.24, 2.45) is 17.8 Å². The van der Waals surface area contributed by atoms with Crippen LogP contribution < -0.4 is 0 Å². The number of carbonyl (C=O) groups is 1. The molecule has 6 nitrogen and oxygen atoms in total. The molecule has 0 spiro atoms. The molecule has 1 saturated heterocycles.